The van der Waals surface area contributed by atoms with Gasteiger partial charge in [0.1, 0.15) is 12.4 Å². The summed E-state index contributed by atoms with van der Waals surface area (Å²) in [5.41, 5.74) is 3.87. The highest BCUT2D eigenvalue weighted by molar-refractivity contribution is 5.88. The van der Waals surface area contributed by atoms with Gasteiger partial charge in [0.05, 0.1) is 12.1 Å². The normalized spacial score (nSPS) is 23.6. The van der Waals surface area contributed by atoms with E-state index in [2.05, 4.69) is 21.9 Å². The van der Waals surface area contributed by atoms with Gasteiger partial charge in [-0.3, -0.25) is 4.90 Å². The van der Waals surface area contributed by atoms with Crippen molar-refractivity contribution < 1.29 is 18.6 Å². The van der Waals surface area contributed by atoms with Crippen molar-refractivity contribution >= 4 is 10.8 Å². The zero-order chi connectivity index (χ0) is 28.6. The first-order chi connectivity index (χ1) is 20.6. The largest absolute Gasteiger partial charge is 0.490 e. The van der Waals surface area contributed by atoms with E-state index in [1.807, 2.05) is 66.7 Å². The second-order valence-electron chi connectivity index (χ2n) is 12.1. The van der Waals surface area contributed by atoms with E-state index in [9.17, 15) is 5.11 Å². The average Bonchev–Trinajstić information content (AvgIpc) is 3.89. The molecular formula is C36H38F2N2O2. The molecule has 0 spiro atoms. The fourth-order valence-electron chi connectivity index (χ4n) is 6.95. The zero-order valence-electron chi connectivity index (χ0n) is 23.8. The number of benzene rings is 4. The number of rotatable bonds is 8. The van der Waals surface area contributed by atoms with Gasteiger partial charge in [-0.05, 0) is 64.5 Å². The maximum absolute atomic E-state index is 15.9. The molecule has 1 aliphatic heterocycles. The van der Waals surface area contributed by atoms with Crippen molar-refractivity contribution in [3.63, 3.8) is 0 Å². The van der Waals surface area contributed by atoms with Gasteiger partial charge in [0.2, 0.25) is 0 Å². The molecule has 2 fully saturated rings. The third-order valence-electron chi connectivity index (χ3n) is 9.34. The standard InChI is InChI=1S/C36H38F2N2O2/c37-34-29-10-3-4-11-30(29)36(31-13-6-12-28(25-15-16-25)33(31)35(34)38)40-21-19-39(20-22-40)18-17-26(41)23-42-32-14-5-8-24-7-1-2-9-27(24)32/h1-14,25-26,34-36,41H,15-23H2/t26-,34?,35?,36?/m1/s1. The summed E-state index contributed by atoms with van der Waals surface area (Å²) in [4.78, 5) is 4.77. The number of piperazine rings is 1. The highest BCUT2D eigenvalue weighted by atomic mass is 19.2. The molecule has 4 aromatic rings. The predicted octanol–water partition coefficient (Wildman–Crippen LogP) is 7.29. The minimum absolute atomic E-state index is 0.171. The van der Waals surface area contributed by atoms with Crippen molar-refractivity contribution in [2.45, 2.75) is 49.7 Å². The summed E-state index contributed by atoms with van der Waals surface area (Å²) in [6.45, 7) is 4.29. The first kappa shape index (κ1) is 27.5. The second kappa shape index (κ2) is 11.8. The molecule has 6 heteroatoms. The Labute approximate surface area is 246 Å². The van der Waals surface area contributed by atoms with Gasteiger partial charge in [-0.15, -0.1) is 0 Å². The number of hydrogen-bond acceptors (Lipinski definition) is 4. The van der Waals surface area contributed by atoms with Crippen LogP contribution in [-0.4, -0.2) is 60.3 Å². The Kier molecular flexibility index (Phi) is 7.70. The lowest BCUT2D eigenvalue weighted by atomic mass is 9.89. The van der Waals surface area contributed by atoms with Crippen LogP contribution in [-0.2, 0) is 0 Å². The lowest BCUT2D eigenvalue weighted by Gasteiger charge is -2.40. The number of hydrogen-bond donors (Lipinski definition) is 1. The van der Waals surface area contributed by atoms with E-state index in [-0.39, 0.29) is 12.6 Å². The van der Waals surface area contributed by atoms with Crippen LogP contribution < -0.4 is 4.74 Å². The summed E-state index contributed by atoms with van der Waals surface area (Å²) in [6, 6.07) is 27.5. The molecule has 42 heavy (non-hydrogen) atoms. The van der Waals surface area contributed by atoms with E-state index in [1.165, 1.54) is 0 Å². The van der Waals surface area contributed by atoms with Gasteiger partial charge < -0.3 is 14.7 Å². The smallest absolute Gasteiger partial charge is 0.161 e. The number of nitrogens with zero attached hydrogens (tertiary/aromatic N) is 2. The number of aliphatic hydroxyl groups excluding tert-OH is 1. The first-order valence-electron chi connectivity index (χ1n) is 15.3. The SMILES string of the molecule is O[C@H](CCN1CCN(C2c3ccccc3C(F)C(F)c3c(C4CC4)cccc32)CC1)COc1cccc2ccccc12. The van der Waals surface area contributed by atoms with Crippen LogP contribution in [0.5, 0.6) is 5.75 Å². The fourth-order valence-corrected chi connectivity index (χ4v) is 6.95. The Morgan fingerprint density at radius 2 is 1.40 bits per heavy atom. The van der Waals surface area contributed by atoms with Crippen LogP contribution in [0.25, 0.3) is 10.8 Å². The summed E-state index contributed by atoms with van der Waals surface area (Å²) < 4.78 is 37.7. The van der Waals surface area contributed by atoms with Crippen molar-refractivity contribution in [2.75, 3.05) is 39.3 Å². The van der Waals surface area contributed by atoms with Gasteiger partial charge in [0, 0.05) is 38.1 Å². The summed E-state index contributed by atoms with van der Waals surface area (Å²) >= 11 is 0. The quantitative estimate of drug-likeness (QED) is 0.242. The number of ether oxygens (including phenoxy) is 1. The lowest BCUT2D eigenvalue weighted by molar-refractivity contribution is 0.0680. The van der Waals surface area contributed by atoms with E-state index in [0.717, 1.165) is 78.8 Å². The molecule has 1 heterocycles. The highest BCUT2D eigenvalue weighted by Crippen LogP contribution is 2.53. The van der Waals surface area contributed by atoms with Crippen LogP contribution in [0.2, 0.25) is 0 Å². The second-order valence-corrected chi connectivity index (χ2v) is 12.1. The van der Waals surface area contributed by atoms with E-state index in [4.69, 9.17) is 4.74 Å². The van der Waals surface area contributed by atoms with Gasteiger partial charge in [-0.2, -0.15) is 0 Å². The van der Waals surface area contributed by atoms with Crippen molar-refractivity contribution in [1.82, 2.24) is 9.80 Å². The topological polar surface area (TPSA) is 35.9 Å². The number of alkyl halides is 2. The molecule has 3 aliphatic rings. The number of fused-ring (bicyclic) bond motifs is 3. The summed E-state index contributed by atoms with van der Waals surface area (Å²) in [6.07, 6.45) is -1.15. The van der Waals surface area contributed by atoms with Crippen LogP contribution in [0.4, 0.5) is 8.78 Å². The van der Waals surface area contributed by atoms with Gasteiger partial charge in [0.15, 0.2) is 12.3 Å². The van der Waals surface area contributed by atoms with E-state index < -0.39 is 18.4 Å². The Morgan fingerprint density at radius 3 is 2.21 bits per heavy atom. The van der Waals surface area contributed by atoms with Crippen LogP contribution in [0.1, 0.15) is 71.4 Å². The molecule has 4 atom stereocenters. The molecule has 2 aliphatic carbocycles. The molecule has 7 rings (SSSR count). The molecule has 1 saturated heterocycles. The van der Waals surface area contributed by atoms with Crippen molar-refractivity contribution in [1.29, 1.82) is 0 Å². The van der Waals surface area contributed by atoms with Crippen molar-refractivity contribution in [3.05, 3.63) is 113 Å². The minimum atomic E-state index is -1.66. The maximum Gasteiger partial charge on any atom is 0.161 e. The van der Waals surface area contributed by atoms with Gasteiger partial charge in [0.25, 0.3) is 0 Å². The lowest BCUT2D eigenvalue weighted by Crippen LogP contribution is -2.48. The molecule has 4 nitrogen and oxygen atoms in total. The molecule has 0 bridgehead atoms. The predicted molar refractivity (Wildman–Crippen MR) is 162 cm³/mol. The number of aliphatic hydroxyl groups is 1. The summed E-state index contributed by atoms with van der Waals surface area (Å²) in [7, 11) is 0. The van der Waals surface area contributed by atoms with E-state index in [1.54, 1.807) is 6.07 Å². The number of halogens is 2. The van der Waals surface area contributed by atoms with E-state index in [0.29, 0.717) is 23.5 Å². The molecule has 3 unspecified atom stereocenters. The molecule has 0 radical (unpaired) electrons. The molecule has 4 aromatic carbocycles. The monoisotopic (exact) mass is 568 g/mol. The molecule has 1 N–H and O–H groups in total. The highest BCUT2D eigenvalue weighted by Gasteiger charge is 2.42. The molecule has 1 saturated carbocycles. The minimum Gasteiger partial charge on any atom is -0.490 e. The van der Waals surface area contributed by atoms with Crippen molar-refractivity contribution in [3.8, 4) is 5.75 Å². The summed E-state index contributed by atoms with van der Waals surface area (Å²) in [5.74, 6) is 1.14. The van der Waals surface area contributed by atoms with Crippen molar-refractivity contribution in [2.24, 2.45) is 0 Å². The summed E-state index contributed by atoms with van der Waals surface area (Å²) in [5, 5.41) is 12.9. The Hall–Kier alpha value is -3.32. The Bertz CT molecular complexity index is 1540. The van der Waals surface area contributed by atoms with Crippen LogP contribution in [0.15, 0.2) is 84.9 Å². The third kappa shape index (κ3) is 5.32. The third-order valence-corrected chi connectivity index (χ3v) is 9.34. The average molecular weight is 569 g/mol. The first-order valence-corrected chi connectivity index (χ1v) is 15.3. The van der Waals surface area contributed by atoms with Gasteiger partial charge in [-0.25, -0.2) is 8.78 Å². The van der Waals surface area contributed by atoms with Gasteiger partial charge in [-0.1, -0.05) is 78.9 Å². The Morgan fingerprint density at radius 1 is 0.738 bits per heavy atom. The van der Waals surface area contributed by atoms with Gasteiger partial charge >= 0.3 is 0 Å². The van der Waals surface area contributed by atoms with Crippen LogP contribution in [0.3, 0.4) is 0 Å². The zero-order valence-corrected chi connectivity index (χ0v) is 23.8. The maximum atomic E-state index is 15.9. The molecule has 0 aromatic heterocycles. The van der Waals surface area contributed by atoms with Crippen LogP contribution in [0, 0.1) is 0 Å². The van der Waals surface area contributed by atoms with E-state index >= 15 is 8.78 Å². The molecule has 0 amide bonds. The Balaban J connectivity index is 1.02. The molecular weight excluding hydrogens is 530 g/mol. The fraction of sp³-hybridized carbons (Fsp3) is 0.389. The molecule has 218 valence electrons. The van der Waals surface area contributed by atoms with Crippen LogP contribution >= 0.6 is 0 Å².